The van der Waals surface area contributed by atoms with Crippen LogP contribution in [0.2, 0.25) is 0 Å². The maximum absolute atomic E-state index is 11.8. The Morgan fingerprint density at radius 3 is 1.38 bits per heavy atom. The minimum atomic E-state index is -1.09. The zero-order valence-electron chi connectivity index (χ0n) is 32.1. The number of nitrogens with one attached hydrogen (secondary N) is 2. The number of allylic oxidation sites excluding steroid dienone is 4. The quantitative estimate of drug-likeness (QED) is 0.0730. The van der Waals surface area contributed by atoms with Crippen LogP contribution in [0, 0.1) is 13.8 Å². The van der Waals surface area contributed by atoms with E-state index >= 15 is 0 Å². The van der Waals surface area contributed by atoms with Gasteiger partial charge in [0.25, 0.3) is 0 Å². The van der Waals surface area contributed by atoms with Crippen LogP contribution in [-0.4, -0.2) is 87.8 Å². The summed E-state index contributed by atoms with van der Waals surface area (Å²) in [7, 11) is 0. The van der Waals surface area contributed by atoms with Crippen molar-refractivity contribution in [1.29, 1.82) is 0 Å². The number of carboxylic acid groups (broad SMARTS) is 4. The maximum atomic E-state index is 11.8. The van der Waals surface area contributed by atoms with E-state index in [0.29, 0.717) is 22.8 Å². The summed E-state index contributed by atoms with van der Waals surface area (Å²) in [5.41, 5.74) is 24.0. The van der Waals surface area contributed by atoms with E-state index in [9.17, 15) is 39.6 Å². The number of carbonyl (C=O) groups is 4. The molecule has 0 aliphatic carbocycles. The molecule has 56 heavy (non-hydrogen) atoms. The molecule has 4 atom stereocenters. The molecule has 16 heteroatoms. The Morgan fingerprint density at radius 1 is 0.607 bits per heavy atom. The minimum Gasteiger partial charge on any atom is -0.481 e. The van der Waals surface area contributed by atoms with E-state index in [1.807, 2.05) is 65.8 Å². The van der Waals surface area contributed by atoms with Gasteiger partial charge in [-0.05, 0) is 123 Å². The largest absolute Gasteiger partial charge is 0.481 e. The van der Waals surface area contributed by atoms with Crippen LogP contribution in [0.15, 0.2) is 24.3 Å². The van der Waals surface area contributed by atoms with Crippen molar-refractivity contribution in [2.75, 3.05) is 11.5 Å². The molecule has 10 N–H and O–H groups in total. The Morgan fingerprint density at radius 2 is 0.982 bits per heavy atom. The molecule has 298 valence electrons. The summed E-state index contributed by atoms with van der Waals surface area (Å²) in [6.45, 7) is 11.8. The molecule has 0 saturated carbocycles. The molecule has 0 amide bonds. The molecule has 0 aromatic carbocycles. The second-order valence-electron chi connectivity index (χ2n) is 14.2. The van der Waals surface area contributed by atoms with Crippen LogP contribution in [0.3, 0.4) is 0 Å². The third-order valence-corrected chi connectivity index (χ3v) is 12.9. The van der Waals surface area contributed by atoms with Gasteiger partial charge in [-0.15, -0.1) is 0 Å². The first kappa shape index (κ1) is 42.2. The van der Waals surface area contributed by atoms with E-state index in [0.717, 1.165) is 66.6 Å². The van der Waals surface area contributed by atoms with E-state index in [1.165, 1.54) is 23.5 Å². The first-order chi connectivity index (χ1) is 26.4. The Bertz CT molecular complexity index is 2330. The Kier molecular flexibility index (Phi) is 13.2. The highest BCUT2D eigenvalue weighted by atomic mass is 32.2. The molecule has 5 heterocycles. The van der Waals surface area contributed by atoms with Gasteiger partial charge in [-0.2, -0.15) is 23.5 Å². The number of carboxylic acids is 4. The number of aromatic nitrogens is 4. The molecule has 5 rings (SSSR count). The number of fused-ring (bicyclic) bond motifs is 8. The topological polar surface area (TPSA) is 259 Å². The lowest BCUT2D eigenvalue weighted by atomic mass is 9.98. The van der Waals surface area contributed by atoms with Gasteiger partial charge in [-0.25, -0.2) is 9.97 Å². The average Bonchev–Trinajstić information content (AvgIpc) is 3.80. The van der Waals surface area contributed by atoms with Crippen LogP contribution in [0.1, 0.15) is 109 Å². The van der Waals surface area contributed by atoms with Crippen molar-refractivity contribution in [2.45, 2.75) is 89.8 Å². The zero-order chi connectivity index (χ0) is 41.2. The molecule has 3 aromatic heterocycles. The van der Waals surface area contributed by atoms with Gasteiger partial charge in [0.1, 0.15) is 12.1 Å². The Balaban J connectivity index is 1.88. The van der Waals surface area contributed by atoms with Gasteiger partial charge in [0.15, 0.2) is 0 Å². The van der Waals surface area contributed by atoms with E-state index in [-0.39, 0.29) is 47.7 Å². The summed E-state index contributed by atoms with van der Waals surface area (Å²) in [6.07, 6.45) is 0.196. The van der Waals surface area contributed by atoms with E-state index < -0.39 is 36.0 Å². The third-order valence-electron chi connectivity index (χ3n) is 10.3. The summed E-state index contributed by atoms with van der Waals surface area (Å²) < 4.78 is 0. The summed E-state index contributed by atoms with van der Waals surface area (Å²) in [6, 6.07) is 5.57. The summed E-state index contributed by atoms with van der Waals surface area (Å²) >= 11 is 2.85. The van der Waals surface area contributed by atoms with Crippen LogP contribution in [0.4, 0.5) is 0 Å². The molecule has 2 unspecified atom stereocenters. The molecule has 0 saturated heterocycles. The number of aromatic amines is 2. The standard InChI is InChI=1S/C40H48N6O8S2/c1-17-23(7-9-35(47)48)31-14-32-24(8-10-36(49)50)18(2)28(44-32)12-33-38(22(6)56-16-26(42)40(53)54)20(4)30(46-33)13-34-37(21(5)55-15-25(41)39(51)52)19(3)29(45-34)11-27(17)43-31/h11-14,21-22,25-26,45-46H,7-10,15-16,41-42H2,1-6H3,(H,47,48)(H,49,50)(H,51,52)(H,53,54)/t21?,22?,25-,26-/m0/s1. The fourth-order valence-corrected chi connectivity index (χ4v) is 9.31. The second kappa shape index (κ2) is 17.5. The third kappa shape index (κ3) is 9.20. The monoisotopic (exact) mass is 804 g/mol. The number of hydrogen-bond acceptors (Lipinski definition) is 10. The lowest BCUT2D eigenvalue weighted by Gasteiger charge is -2.14. The lowest BCUT2D eigenvalue weighted by molar-refractivity contribution is -0.138. The van der Waals surface area contributed by atoms with Crippen LogP contribution in [0.25, 0.3) is 44.4 Å². The van der Waals surface area contributed by atoms with Crippen molar-refractivity contribution in [2.24, 2.45) is 11.5 Å². The molecule has 2 aliphatic rings. The van der Waals surface area contributed by atoms with Crippen molar-refractivity contribution in [3.05, 3.63) is 69.3 Å². The number of nitrogens with two attached hydrogens (primary N) is 2. The number of H-pyrrole nitrogens is 2. The summed E-state index contributed by atoms with van der Waals surface area (Å²) in [4.78, 5) is 63.9. The Hall–Kier alpha value is -4.90. The van der Waals surface area contributed by atoms with Gasteiger partial charge in [0, 0.05) is 56.9 Å². The van der Waals surface area contributed by atoms with E-state index in [2.05, 4.69) is 9.97 Å². The molecule has 14 nitrogen and oxygen atoms in total. The van der Waals surface area contributed by atoms with Crippen molar-refractivity contribution in [3.8, 4) is 0 Å². The van der Waals surface area contributed by atoms with Crippen molar-refractivity contribution >= 4 is 91.8 Å². The van der Waals surface area contributed by atoms with Gasteiger partial charge >= 0.3 is 23.9 Å². The first-order valence-electron chi connectivity index (χ1n) is 18.2. The molecular weight excluding hydrogens is 757 g/mol. The zero-order valence-corrected chi connectivity index (χ0v) is 33.8. The number of thioether (sulfide) groups is 2. The van der Waals surface area contributed by atoms with Crippen molar-refractivity contribution < 1.29 is 39.6 Å². The molecule has 3 aromatic rings. The van der Waals surface area contributed by atoms with Crippen molar-refractivity contribution in [3.63, 3.8) is 0 Å². The van der Waals surface area contributed by atoms with Gasteiger partial charge in [0.05, 0.1) is 22.8 Å². The number of aryl methyl sites for hydroxylation is 2. The van der Waals surface area contributed by atoms with E-state index in [1.54, 1.807) is 0 Å². The minimum absolute atomic E-state index is 0.117. The highest BCUT2D eigenvalue weighted by Gasteiger charge is 2.25. The molecule has 0 radical (unpaired) electrons. The van der Waals surface area contributed by atoms with Crippen LogP contribution in [-0.2, 0) is 19.2 Å². The number of rotatable bonds is 16. The number of hydrogen-bond donors (Lipinski definition) is 8. The van der Waals surface area contributed by atoms with Gasteiger partial charge in [-0.3, -0.25) is 19.2 Å². The molecule has 0 fully saturated rings. The SMILES string of the molecule is CC1=C(CCC(=O)O)c2cc3nc(cc4[nH]c(cc5[nH]c(cc1n2)c(C)c5C(C)SC[C@H](N)C(=O)O)c(C)c4C(C)SC[C@H](N)C(=O)O)C(C)=C3CCC(=O)O. The molecule has 0 spiro atoms. The highest BCUT2D eigenvalue weighted by Crippen LogP contribution is 2.41. The van der Waals surface area contributed by atoms with Gasteiger partial charge in [0.2, 0.25) is 0 Å². The number of nitrogens with zero attached hydrogens (tertiary/aromatic N) is 2. The fourth-order valence-electron chi connectivity index (χ4n) is 7.09. The predicted octanol–water partition coefficient (Wildman–Crippen LogP) is 6.93. The van der Waals surface area contributed by atoms with Crippen LogP contribution >= 0.6 is 23.5 Å². The fraction of sp³-hybridized carbons (Fsp3) is 0.400. The Labute approximate surface area is 332 Å². The predicted molar refractivity (Wildman–Crippen MR) is 222 cm³/mol. The number of aliphatic carboxylic acids is 4. The van der Waals surface area contributed by atoms with Crippen LogP contribution in [0.5, 0.6) is 0 Å². The van der Waals surface area contributed by atoms with Crippen LogP contribution < -0.4 is 11.5 Å². The summed E-state index contributed by atoms with van der Waals surface area (Å²) in [5.74, 6) is -3.70. The lowest BCUT2D eigenvalue weighted by Crippen LogP contribution is -2.32. The maximum Gasteiger partial charge on any atom is 0.321 e. The molecule has 2 aliphatic heterocycles. The average molecular weight is 805 g/mol. The smallest absolute Gasteiger partial charge is 0.321 e. The van der Waals surface area contributed by atoms with Crippen molar-refractivity contribution in [1.82, 2.24) is 19.9 Å². The molecular formula is C40H48N6O8S2. The molecule has 8 bridgehead atoms. The summed E-state index contributed by atoms with van der Waals surface area (Å²) in [5, 5.41) is 37.8. The second-order valence-corrected chi connectivity index (χ2v) is 16.9. The first-order valence-corrected chi connectivity index (χ1v) is 20.3. The van der Waals surface area contributed by atoms with Gasteiger partial charge in [-0.1, -0.05) is 0 Å². The highest BCUT2D eigenvalue weighted by molar-refractivity contribution is 7.99. The normalized spacial score (nSPS) is 15.1. The van der Waals surface area contributed by atoms with Gasteiger partial charge < -0.3 is 41.9 Å². The van der Waals surface area contributed by atoms with E-state index in [4.69, 9.17) is 21.4 Å².